The van der Waals surface area contributed by atoms with E-state index in [1.54, 1.807) is 24.3 Å². The molecule has 0 aliphatic rings. The summed E-state index contributed by atoms with van der Waals surface area (Å²) < 4.78 is 51.4. The van der Waals surface area contributed by atoms with Crippen molar-refractivity contribution in [3.05, 3.63) is 59.1 Å². The van der Waals surface area contributed by atoms with Gasteiger partial charge in [-0.25, -0.2) is 17.2 Å². The van der Waals surface area contributed by atoms with E-state index in [2.05, 4.69) is 5.32 Å². The van der Waals surface area contributed by atoms with Crippen molar-refractivity contribution in [1.29, 1.82) is 0 Å². The van der Waals surface area contributed by atoms with Crippen LogP contribution in [0.25, 0.3) is 0 Å². The molecule has 0 unspecified atom stereocenters. The van der Waals surface area contributed by atoms with Gasteiger partial charge in [0.2, 0.25) is 15.9 Å². The summed E-state index contributed by atoms with van der Waals surface area (Å²) in [5.74, 6) is -2.35. The van der Waals surface area contributed by atoms with Crippen molar-refractivity contribution in [2.75, 3.05) is 22.4 Å². The van der Waals surface area contributed by atoms with Crippen LogP contribution in [0.15, 0.2) is 42.5 Å². The number of nitrogens with zero attached hydrogens (tertiary/aromatic N) is 1. The Hall–Kier alpha value is -2.19. The number of carbonyl (C=O) groups excluding carboxylic acids is 1. The van der Waals surface area contributed by atoms with Crippen LogP contribution in [0.2, 0.25) is 5.02 Å². The molecule has 0 radical (unpaired) electrons. The summed E-state index contributed by atoms with van der Waals surface area (Å²) >= 11 is 5.93. The Morgan fingerprint density at radius 2 is 1.88 bits per heavy atom. The van der Waals surface area contributed by atoms with Gasteiger partial charge in [0.15, 0.2) is 0 Å². The van der Waals surface area contributed by atoms with E-state index in [9.17, 15) is 22.0 Å². The first-order chi connectivity index (χ1) is 11.7. The van der Waals surface area contributed by atoms with Crippen LogP contribution < -0.4 is 9.62 Å². The van der Waals surface area contributed by atoms with Gasteiger partial charge in [0.05, 0.1) is 22.7 Å². The second kappa shape index (κ2) is 7.79. The highest BCUT2D eigenvalue weighted by Gasteiger charge is 2.22. The molecule has 2 aromatic carbocycles. The average molecular weight is 389 g/mol. The van der Waals surface area contributed by atoms with Gasteiger partial charge in [-0.3, -0.25) is 9.10 Å². The summed E-state index contributed by atoms with van der Waals surface area (Å²) in [6.07, 6.45) is 0.636. The van der Waals surface area contributed by atoms with Crippen molar-refractivity contribution in [3.63, 3.8) is 0 Å². The maximum atomic E-state index is 13.9. The molecule has 5 nitrogen and oxygen atoms in total. The number of sulfonamides is 1. The highest BCUT2D eigenvalue weighted by molar-refractivity contribution is 7.92. The van der Waals surface area contributed by atoms with Crippen LogP contribution in [0.5, 0.6) is 0 Å². The summed E-state index contributed by atoms with van der Waals surface area (Å²) in [6.45, 7) is -0.308. The molecule has 0 aliphatic carbocycles. The van der Waals surface area contributed by atoms with Crippen LogP contribution in [0.4, 0.5) is 20.2 Å². The van der Waals surface area contributed by atoms with Crippen LogP contribution in [0.1, 0.15) is 6.42 Å². The fourth-order valence-corrected chi connectivity index (χ4v) is 3.24. The van der Waals surface area contributed by atoms with Crippen LogP contribution in [0, 0.1) is 11.6 Å². The van der Waals surface area contributed by atoms with Gasteiger partial charge in [0.25, 0.3) is 0 Å². The van der Waals surface area contributed by atoms with Crippen LogP contribution in [-0.4, -0.2) is 27.1 Å². The molecule has 0 heterocycles. The van der Waals surface area contributed by atoms with Gasteiger partial charge in [0.1, 0.15) is 11.6 Å². The molecule has 9 heteroatoms. The molecule has 0 spiro atoms. The molecule has 0 bridgehead atoms. The van der Waals surface area contributed by atoms with Crippen LogP contribution in [0.3, 0.4) is 0 Å². The lowest BCUT2D eigenvalue weighted by Crippen LogP contribution is -2.33. The molecule has 0 aromatic heterocycles. The predicted molar refractivity (Wildman–Crippen MR) is 93.2 cm³/mol. The molecule has 0 fully saturated rings. The lowest BCUT2D eigenvalue weighted by atomic mass is 10.2. The number of nitrogens with one attached hydrogen (secondary N) is 1. The van der Waals surface area contributed by atoms with Gasteiger partial charge in [0, 0.05) is 19.0 Å². The summed E-state index contributed by atoms with van der Waals surface area (Å²) in [6, 6.07) is 9.09. The number of rotatable bonds is 6. The quantitative estimate of drug-likeness (QED) is 0.824. The monoisotopic (exact) mass is 388 g/mol. The van der Waals surface area contributed by atoms with Crippen molar-refractivity contribution in [3.8, 4) is 0 Å². The number of carbonyl (C=O) groups is 1. The van der Waals surface area contributed by atoms with Crippen molar-refractivity contribution in [2.45, 2.75) is 6.42 Å². The molecule has 2 rings (SSSR count). The van der Waals surface area contributed by atoms with Crippen molar-refractivity contribution < 1.29 is 22.0 Å². The van der Waals surface area contributed by atoms with Crippen molar-refractivity contribution in [2.24, 2.45) is 0 Å². The highest BCUT2D eigenvalue weighted by Crippen LogP contribution is 2.24. The molecule has 0 saturated carbocycles. The maximum absolute atomic E-state index is 13.9. The molecule has 25 heavy (non-hydrogen) atoms. The van der Waals surface area contributed by atoms with Gasteiger partial charge < -0.3 is 5.32 Å². The van der Waals surface area contributed by atoms with Crippen molar-refractivity contribution >= 4 is 38.9 Å². The molecule has 0 aliphatic heterocycles. The first kappa shape index (κ1) is 19.1. The highest BCUT2D eigenvalue weighted by atomic mass is 35.5. The normalized spacial score (nSPS) is 11.2. The first-order valence-electron chi connectivity index (χ1n) is 7.15. The van der Waals surface area contributed by atoms with Crippen LogP contribution in [-0.2, 0) is 14.8 Å². The Morgan fingerprint density at radius 3 is 2.48 bits per heavy atom. The second-order valence-electron chi connectivity index (χ2n) is 5.21. The Balaban J connectivity index is 2.13. The number of hydrogen-bond acceptors (Lipinski definition) is 3. The number of anilines is 2. The fraction of sp³-hybridized carbons (Fsp3) is 0.188. The summed E-state index contributed by atoms with van der Waals surface area (Å²) in [4.78, 5) is 12.0. The van der Waals surface area contributed by atoms with E-state index in [0.29, 0.717) is 21.1 Å². The van der Waals surface area contributed by atoms with E-state index in [1.165, 1.54) is 0 Å². The van der Waals surface area contributed by atoms with Gasteiger partial charge in [-0.1, -0.05) is 23.7 Å². The zero-order valence-electron chi connectivity index (χ0n) is 13.2. The summed E-state index contributed by atoms with van der Waals surface area (Å²) in [5, 5.41) is 2.88. The Labute approximate surface area is 149 Å². The minimum Gasteiger partial charge on any atom is -0.325 e. The Kier molecular flexibility index (Phi) is 5.97. The number of benzene rings is 2. The predicted octanol–water partition coefficient (Wildman–Crippen LogP) is 3.41. The van der Waals surface area contributed by atoms with Crippen LogP contribution >= 0.6 is 11.6 Å². The smallest absolute Gasteiger partial charge is 0.232 e. The molecule has 2 aromatic rings. The SMILES string of the molecule is CS(=O)(=O)N(CCC(=O)Nc1ccccc1Cl)c1ccc(F)cc1F. The fourth-order valence-electron chi connectivity index (χ4n) is 2.13. The third-order valence-corrected chi connectivity index (χ3v) is 4.78. The summed E-state index contributed by atoms with van der Waals surface area (Å²) in [5.41, 5.74) is 0.0579. The van der Waals surface area contributed by atoms with E-state index >= 15 is 0 Å². The molecule has 0 saturated heterocycles. The number of amides is 1. The third kappa shape index (κ3) is 5.14. The molecular weight excluding hydrogens is 374 g/mol. The van der Waals surface area contributed by atoms with E-state index in [0.717, 1.165) is 18.4 Å². The average Bonchev–Trinajstić information content (AvgIpc) is 2.50. The van der Waals surface area contributed by atoms with E-state index in [-0.39, 0.29) is 18.7 Å². The van der Waals surface area contributed by atoms with Gasteiger partial charge in [-0.15, -0.1) is 0 Å². The number of halogens is 3. The van der Waals surface area contributed by atoms with E-state index < -0.39 is 27.6 Å². The lowest BCUT2D eigenvalue weighted by molar-refractivity contribution is -0.116. The van der Waals surface area contributed by atoms with Gasteiger partial charge in [-0.05, 0) is 24.3 Å². The Bertz CT molecular complexity index is 891. The third-order valence-electron chi connectivity index (χ3n) is 3.27. The van der Waals surface area contributed by atoms with Crippen molar-refractivity contribution in [1.82, 2.24) is 0 Å². The van der Waals surface area contributed by atoms with Gasteiger partial charge in [-0.2, -0.15) is 0 Å². The largest absolute Gasteiger partial charge is 0.325 e. The maximum Gasteiger partial charge on any atom is 0.232 e. The summed E-state index contributed by atoms with van der Waals surface area (Å²) in [7, 11) is -3.87. The molecular formula is C16H15ClF2N2O3S. The number of para-hydroxylation sites is 1. The zero-order valence-corrected chi connectivity index (χ0v) is 14.7. The zero-order chi connectivity index (χ0) is 18.6. The molecule has 1 amide bonds. The minimum atomic E-state index is -3.87. The van der Waals surface area contributed by atoms with E-state index in [4.69, 9.17) is 11.6 Å². The molecule has 134 valence electrons. The first-order valence-corrected chi connectivity index (χ1v) is 9.38. The lowest BCUT2D eigenvalue weighted by Gasteiger charge is -2.22. The molecule has 1 N–H and O–H groups in total. The number of hydrogen-bond donors (Lipinski definition) is 1. The topological polar surface area (TPSA) is 66.5 Å². The molecule has 0 atom stereocenters. The van der Waals surface area contributed by atoms with E-state index in [1.807, 2.05) is 0 Å². The second-order valence-corrected chi connectivity index (χ2v) is 7.52. The minimum absolute atomic E-state index is 0.241. The Morgan fingerprint density at radius 1 is 1.20 bits per heavy atom. The standard InChI is InChI=1S/C16H15ClF2N2O3S/c1-25(23,24)21(15-7-6-11(18)10-13(15)19)9-8-16(22)20-14-5-3-2-4-12(14)17/h2-7,10H,8-9H2,1H3,(H,20,22). The van der Waals surface area contributed by atoms with Gasteiger partial charge >= 0.3 is 0 Å².